The Morgan fingerprint density at radius 1 is 1.10 bits per heavy atom. The molecule has 4 nitrogen and oxygen atoms in total. The first-order valence-electron chi connectivity index (χ1n) is 6.23. The van der Waals surface area contributed by atoms with E-state index in [1.165, 1.54) is 0 Å². The molecule has 0 amide bonds. The Kier molecular flexibility index (Phi) is 3.37. The maximum absolute atomic E-state index is 10.5. The van der Waals surface area contributed by atoms with E-state index in [1.807, 2.05) is 24.3 Å². The van der Waals surface area contributed by atoms with E-state index in [2.05, 4.69) is 16.0 Å². The zero-order valence-corrected chi connectivity index (χ0v) is 10.7. The predicted octanol–water partition coefficient (Wildman–Crippen LogP) is 3.02. The van der Waals surface area contributed by atoms with Gasteiger partial charge in [0.15, 0.2) is 6.29 Å². The van der Waals surface area contributed by atoms with Gasteiger partial charge in [-0.05, 0) is 35.9 Å². The Morgan fingerprint density at radius 2 is 2.05 bits per heavy atom. The van der Waals surface area contributed by atoms with Gasteiger partial charge in [0.05, 0.1) is 11.7 Å². The van der Waals surface area contributed by atoms with Gasteiger partial charge >= 0.3 is 0 Å². The van der Waals surface area contributed by atoms with Gasteiger partial charge in [-0.25, -0.2) is 4.98 Å². The molecule has 98 valence electrons. The monoisotopic (exact) mass is 264 g/mol. The summed E-state index contributed by atoms with van der Waals surface area (Å²) in [4.78, 5) is 18.7. The van der Waals surface area contributed by atoms with Crippen molar-refractivity contribution in [3.63, 3.8) is 0 Å². The van der Waals surface area contributed by atoms with Gasteiger partial charge in [0.25, 0.3) is 0 Å². The number of nitrogens with zero attached hydrogens (tertiary/aromatic N) is 2. The molecule has 2 heterocycles. The van der Waals surface area contributed by atoms with Gasteiger partial charge in [0.2, 0.25) is 0 Å². The molecular formula is C16H12N2O2. The van der Waals surface area contributed by atoms with Crippen LogP contribution in [-0.4, -0.2) is 16.3 Å². The van der Waals surface area contributed by atoms with Crippen LogP contribution in [0.1, 0.15) is 16.1 Å². The number of aldehydes is 1. The van der Waals surface area contributed by atoms with Crippen molar-refractivity contribution in [1.29, 1.82) is 0 Å². The summed E-state index contributed by atoms with van der Waals surface area (Å²) in [7, 11) is 0. The Bertz CT molecular complexity index is 739. The van der Waals surface area contributed by atoms with E-state index in [-0.39, 0.29) is 0 Å². The van der Waals surface area contributed by atoms with Crippen molar-refractivity contribution in [1.82, 2.24) is 9.97 Å². The molecule has 3 aromatic rings. The topological polar surface area (TPSA) is 52.1 Å². The summed E-state index contributed by atoms with van der Waals surface area (Å²) in [6.07, 6.45) is 4.03. The second-order valence-corrected chi connectivity index (χ2v) is 4.36. The molecule has 0 saturated carbocycles. The summed E-state index contributed by atoms with van der Waals surface area (Å²) < 4.78 is 5.64. The van der Waals surface area contributed by atoms with Crippen molar-refractivity contribution in [2.45, 2.75) is 6.61 Å². The van der Waals surface area contributed by atoms with Gasteiger partial charge in [-0.1, -0.05) is 12.1 Å². The maximum atomic E-state index is 10.5. The SMILES string of the molecule is O=Cc1ccc(OCc2ccc3ncccc3c2)cn1. The highest BCUT2D eigenvalue weighted by Gasteiger charge is 2.00. The van der Waals surface area contributed by atoms with Gasteiger partial charge in [0, 0.05) is 11.6 Å². The zero-order valence-electron chi connectivity index (χ0n) is 10.7. The fraction of sp³-hybridized carbons (Fsp3) is 0.0625. The Labute approximate surface area is 116 Å². The highest BCUT2D eigenvalue weighted by atomic mass is 16.5. The van der Waals surface area contributed by atoms with Crippen LogP contribution in [0, 0.1) is 0 Å². The van der Waals surface area contributed by atoms with Crippen molar-refractivity contribution >= 4 is 17.2 Å². The van der Waals surface area contributed by atoms with Crippen LogP contribution >= 0.6 is 0 Å². The van der Waals surface area contributed by atoms with Gasteiger partial charge in [-0.15, -0.1) is 0 Å². The van der Waals surface area contributed by atoms with Gasteiger partial charge in [-0.3, -0.25) is 9.78 Å². The van der Waals surface area contributed by atoms with Crippen molar-refractivity contribution in [3.05, 3.63) is 66.1 Å². The Hall–Kier alpha value is -2.75. The van der Waals surface area contributed by atoms with Crippen molar-refractivity contribution in [2.24, 2.45) is 0 Å². The number of carbonyl (C=O) groups is 1. The number of rotatable bonds is 4. The average Bonchev–Trinajstić information content (AvgIpc) is 2.53. The molecular weight excluding hydrogens is 252 g/mol. The lowest BCUT2D eigenvalue weighted by Crippen LogP contribution is -1.96. The standard InChI is InChI=1S/C16H12N2O2/c19-10-14-4-5-15(9-18-14)20-11-12-3-6-16-13(8-12)2-1-7-17-16/h1-10H,11H2. The van der Waals surface area contributed by atoms with E-state index in [0.717, 1.165) is 16.5 Å². The molecule has 0 spiro atoms. The van der Waals surface area contributed by atoms with Crippen molar-refractivity contribution in [3.8, 4) is 5.75 Å². The molecule has 0 bridgehead atoms. The fourth-order valence-electron chi connectivity index (χ4n) is 1.93. The van der Waals surface area contributed by atoms with E-state index in [4.69, 9.17) is 4.74 Å². The first-order valence-corrected chi connectivity index (χ1v) is 6.23. The van der Waals surface area contributed by atoms with Gasteiger partial charge in [-0.2, -0.15) is 0 Å². The second kappa shape index (κ2) is 5.48. The first kappa shape index (κ1) is 12.3. The number of carbonyl (C=O) groups excluding carboxylic acids is 1. The quantitative estimate of drug-likeness (QED) is 0.680. The summed E-state index contributed by atoms with van der Waals surface area (Å²) in [5.41, 5.74) is 2.42. The molecule has 2 aromatic heterocycles. The molecule has 0 fully saturated rings. The summed E-state index contributed by atoms with van der Waals surface area (Å²) >= 11 is 0. The number of benzene rings is 1. The van der Waals surface area contributed by atoms with Crippen LogP contribution in [0.5, 0.6) is 5.75 Å². The summed E-state index contributed by atoms with van der Waals surface area (Å²) in [5.74, 6) is 0.641. The lowest BCUT2D eigenvalue weighted by atomic mass is 10.1. The largest absolute Gasteiger partial charge is 0.487 e. The van der Waals surface area contributed by atoms with E-state index >= 15 is 0 Å². The number of fused-ring (bicyclic) bond motifs is 1. The smallest absolute Gasteiger partial charge is 0.168 e. The molecule has 0 aliphatic carbocycles. The Balaban J connectivity index is 1.74. The van der Waals surface area contributed by atoms with E-state index < -0.39 is 0 Å². The number of hydrogen-bond acceptors (Lipinski definition) is 4. The summed E-state index contributed by atoms with van der Waals surface area (Å²) in [6, 6.07) is 13.3. The van der Waals surface area contributed by atoms with E-state index in [9.17, 15) is 4.79 Å². The van der Waals surface area contributed by atoms with Crippen LogP contribution in [0.25, 0.3) is 10.9 Å². The molecule has 0 aliphatic rings. The van der Waals surface area contributed by atoms with Gasteiger partial charge in [0.1, 0.15) is 18.1 Å². The van der Waals surface area contributed by atoms with Crippen LogP contribution in [0.3, 0.4) is 0 Å². The highest BCUT2D eigenvalue weighted by Crippen LogP contribution is 2.16. The summed E-state index contributed by atoms with van der Waals surface area (Å²) in [5, 5.41) is 1.09. The van der Waals surface area contributed by atoms with Crippen LogP contribution in [0.2, 0.25) is 0 Å². The molecule has 4 heteroatoms. The summed E-state index contributed by atoms with van der Waals surface area (Å²) in [6.45, 7) is 0.451. The molecule has 1 aromatic carbocycles. The molecule has 0 unspecified atom stereocenters. The molecule has 0 radical (unpaired) electrons. The lowest BCUT2D eigenvalue weighted by molar-refractivity contribution is 0.111. The first-order chi connectivity index (χ1) is 9.85. The van der Waals surface area contributed by atoms with E-state index in [0.29, 0.717) is 24.3 Å². The van der Waals surface area contributed by atoms with Crippen molar-refractivity contribution in [2.75, 3.05) is 0 Å². The lowest BCUT2D eigenvalue weighted by Gasteiger charge is -2.06. The predicted molar refractivity (Wildman–Crippen MR) is 75.7 cm³/mol. The third-order valence-corrected chi connectivity index (χ3v) is 2.95. The average molecular weight is 264 g/mol. The van der Waals surface area contributed by atoms with E-state index in [1.54, 1.807) is 24.5 Å². The van der Waals surface area contributed by atoms with Crippen LogP contribution < -0.4 is 4.74 Å². The zero-order chi connectivity index (χ0) is 13.8. The maximum Gasteiger partial charge on any atom is 0.168 e. The minimum absolute atomic E-state index is 0.397. The molecule has 20 heavy (non-hydrogen) atoms. The highest BCUT2D eigenvalue weighted by molar-refractivity contribution is 5.78. The Morgan fingerprint density at radius 3 is 2.85 bits per heavy atom. The van der Waals surface area contributed by atoms with Crippen LogP contribution in [-0.2, 0) is 6.61 Å². The fourth-order valence-corrected chi connectivity index (χ4v) is 1.93. The molecule has 0 saturated heterocycles. The number of hydrogen-bond donors (Lipinski definition) is 0. The van der Waals surface area contributed by atoms with Gasteiger partial charge < -0.3 is 4.74 Å². The third-order valence-electron chi connectivity index (χ3n) is 2.95. The van der Waals surface area contributed by atoms with Crippen molar-refractivity contribution < 1.29 is 9.53 Å². The normalized spacial score (nSPS) is 10.4. The van der Waals surface area contributed by atoms with Crippen LogP contribution in [0.15, 0.2) is 54.9 Å². The third kappa shape index (κ3) is 2.64. The molecule has 0 atom stereocenters. The molecule has 0 aliphatic heterocycles. The minimum atomic E-state index is 0.397. The molecule has 3 rings (SSSR count). The second-order valence-electron chi connectivity index (χ2n) is 4.36. The minimum Gasteiger partial charge on any atom is -0.487 e. The number of ether oxygens (including phenoxy) is 1. The van der Waals surface area contributed by atoms with Crippen LogP contribution in [0.4, 0.5) is 0 Å². The molecule has 0 N–H and O–H groups in total. The number of aromatic nitrogens is 2. The number of pyridine rings is 2.